The highest BCUT2D eigenvalue weighted by Gasteiger charge is 2.36. The second kappa shape index (κ2) is 3.43. The third-order valence-electron chi connectivity index (χ3n) is 2.86. The zero-order valence-electron chi connectivity index (χ0n) is 7.88. The van der Waals surface area contributed by atoms with Crippen LogP contribution in [-0.4, -0.2) is 16.0 Å². The smallest absolute Gasteiger partial charge is 0.0682 e. The first-order chi connectivity index (χ1) is 5.43. The van der Waals surface area contributed by atoms with E-state index in [0.29, 0.717) is 5.92 Å². The van der Waals surface area contributed by atoms with E-state index >= 15 is 0 Å². The minimum atomic E-state index is -0.253. The second-order valence-corrected chi connectivity index (χ2v) is 5.22. The summed E-state index contributed by atoms with van der Waals surface area (Å²) in [5, 5.41) is 9.63. The Labute approximate surface area is 80.3 Å². The number of aliphatic hydroxyl groups is 1. The van der Waals surface area contributed by atoms with Crippen molar-refractivity contribution in [2.75, 3.05) is 0 Å². The largest absolute Gasteiger partial charge is 0.392 e. The molecule has 0 spiro atoms. The third kappa shape index (κ3) is 2.05. The number of allylic oxidation sites excluding steroid dienone is 1. The molecule has 0 aromatic heterocycles. The molecule has 1 fully saturated rings. The van der Waals surface area contributed by atoms with E-state index in [1.54, 1.807) is 0 Å². The van der Waals surface area contributed by atoms with Crippen molar-refractivity contribution in [3.8, 4) is 0 Å². The Morgan fingerprint density at radius 2 is 2.17 bits per heavy atom. The van der Waals surface area contributed by atoms with Crippen molar-refractivity contribution in [1.29, 1.82) is 0 Å². The molecular weight excluding hydrogens is 168 g/mol. The molecule has 1 aliphatic carbocycles. The first-order valence-electron chi connectivity index (χ1n) is 4.49. The van der Waals surface area contributed by atoms with Crippen molar-refractivity contribution < 1.29 is 5.11 Å². The second-order valence-electron chi connectivity index (χ2n) is 4.20. The van der Waals surface area contributed by atoms with Gasteiger partial charge in [0.1, 0.15) is 0 Å². The summed E-state index contributed by atoms with van der Waals surface area (Å²) in [5.41, 5.74) is 1.22. The number of hydrogen-bond acceptors (Lipinski definition) is 2. The maximum Gasteiger partial charge on any atom is 0.0682 e. The first kappa shape index (κ1) is 10.1. The summed E-state index contributed by atoms with van der Waals surface area (Å²) in [7, 11) is 0. The van der Waals surface area contributed by atoms with Crippen LogP contribution in [0.25, 0.3) is 0 Å². The van der Waals surface area contributed by atoms with Crippen LogP contribution in [0.5, 0.6) is 0 Å². The predicted octanol–water partition coefficient (Wildman–Crippen LogP) is 2.41. The van der Waals surface area contributed by atoms with Crippen LogP contribution in [0.2, 0.25) is 0 Å². The lowest BCUT2D eigenvalue weighted by Crippen LogP contribution is -2.40. The maximum atomic E-state index is 9.63. The fourth-order valence-electron chi connectivity index (χ4n) is 1.83. The van der Waals surface area contributed by atoms with Crippen molar-refractivity contribution in [2.24, 2.45) is 5.92 Å². The van der Waals surface area contributed by atoms with Crippen LogP contribution >= 0.6 is 12.6 Å². The Kier molecular flexibility index (Phi) is 2.89. The van der Waals surface area contributed by atoms with Crippen LogP contribution in [0.15, 0.2) is 12.2 Å². The topological polar surface area (TPSA) is 20.2 Å². The lowest BCUT2D eigenvalue weighted by molar-refractivity contribution is 0.0844. The van der Waals surface area contributed by atoms with E-state index in [0.717, 1.165) is 19.3 Å². The molecule has 0 radical (unpaired) electrons. The fraction of sp³-hybridized carbons (Fsp3) is 0.800. The van der Waals surface area contributed by atoms with Crippen LogP contribution in [0.3, 0.4) is 0 Å². The van der Waals surface area contributed by atoms with Gasteiger partial charge < -0.3 is 5.11 Å². The Balaban J connectivity index is 2.63. The molecular formula is C10H18OS. The summed E-state index contributed by atoms with van der Waals surface area (Å²) >= 11 is 4.48. The van der Waals surface area contributed by atoms with E-state index in [-0.39, 0.29) is 10.9 Å². The molecule has 0 unspecified atom stereocenters. The van der Waals surface area contributed by atoms with Crippen molar-refractivity contribution in [3.63, 3.8) is 0 Å². The van der Waals surface area contributed by atoms with Crippen molar-refractivity contribution >= 4 is 12.6 Å². The van der Waals surface area contributed by atoms with E-state index in [4.69, 9.17) is 0 Å². The monoisotopic (exact) mass is 186 g/mol. The van der Waals surface area contributed by atoms with E-state index in [1.165, 1.54) is 5.57 Å². The first-order valence-corrected chi connectivity index (χ1v) is 4.94. The van der Waals surface area contributed by atoms with Crippen LogP contribution in [0.1, 0.15) is 33.1 Å². The molecule has 0 aliphatic heterocycles. The molecule has 1 saturated carbocycles. The van der Waals surface area contributed by atoms with Crippen LogP contribution in [-0.2, 0) is 0 Å². The Bertz CT molecular complexity index is 186. The number of thiol groups is 1. The predicted molar refractivity (Wildman–Crippen MR) is 55.6 cm³/mol. The lowest BCUT2D eigenvalue weighted by atomic mass is 9.77. The number of aliphatic hydroxyl groups excluding tert-OH is 1. The van der Waals surface area contributed by atoms with Gasteiger partial charge in [0.25, 0.3) is 0 Å². The number of hydrogen-bond donors (Lipinski definition) is 2. The van der Waals surface area contributed by atoms with Gasteiger partial charge in [-0.2, -0.15) is 12.6 Å². The Hall–Kier alpha value is 0.0500. The van der Waals surface area contributed by atoms with E-state index < -0.39 is 0 Å². The normalized spacial score (nSPS) is 42.7. The summed E-state index contributed by atoms with van der Waals surface area (Å²) in [6.45, 7) is 8.03. The highest BCUT2D eigenvalue weighted by atomic mass is 32.1. The summed E-state index contributed by atoms with van der Waals surface area (Å²) in [4.78, 5) is 0. The minimum absolute atomic E-state index is 0.220. The highest BCUT2D eigenvalue weighted by molar-refractivity contribution is 7.81. The summed E-state index contributed by atoms with van der Waals surface area (Å²) < 4.78 is -0.220. The average Bonchev–Trinajstić information content (AvgIpc) is 1.94. The minimum Gasteiger partial charge on any atom is -0.392 e. The van der Waals surface area contributed by atoms with Gasteiger partial charge in [-0.25, -0.2) is 0 Å². The summed E-state index contributed by atoms with van der Waals surface area (Å²) in [5.74, 6) is 0.552. The van der Waals surface area contributed by atoms with Gasteiger partial charge >= 0.3 is 0 Å². The number of rotatable bonds is 1. The average molecular weight is 186 g/mol. The van der Waals surface area contributed by atoms with Crippen molar-refractivity contribution in [2.45, 2.75) is 44.0 Å². The van der Waals surface area contributed by atoms with Gasteiger partial charge in [0.05, 0.1) is 6.10 Å². The van der Waals surface area contributed by atoms with Gasteiger partial charge in [-0.3, -0.25) is 0 Å². The van der Waals surface area contributed by atoms with Gasteiger partial charge in [0.15, 0.2) is 0 Å². The molecule has 0 saturated heterocycles. The SMILES string of the molecule is C=C(C)[C@H]1CC[C@@H](O)[C@](C)(S)C1. The molecule has 0 bridgehead atoms. The van der Waals surface area contributed by atoms with Crippen molar-refractivity contribution in [1.82, 2.24) is 0 Å². The van der Waals surface area contributed by atoms with Gasteiger partial charge in [0, 0.05) is 4.75 Å². The molecule has 0 heterocycles. The highest BCUT2D eigenvalue weighted by Crippen LogP contribution is 2.39. The summed E-state index contributed by atoms with van der Waals surface area (Å²) in [6, 6.07) is 0. The molecule has 70 valence electrons. The van der Waals surface area contributed by atoms with Crippen LogP contribution < -0.4 is 0 Å². The Morgan fingerprint density at radius 1 is 1.58 bits per heavy atom. The molecule has 2 heteroatoms. The van der Waals surface area contributed by atoms with E-state index in [1.807, 2.05) is 6.92 Å². The molecule has 0 amide bonds. The third-order valence-corrected chi connectivity index (χ3v) is 3.34. The molecule has 3 atom stereocenters. The lowest BCUT2D eigenvalue weighted by Gasteiger charge is -2.39. The molecule has 1 nitrogen and oxygen atoms in total. The fourth-order valence-corrected chi connectivity index (χ4v) is 2.18. The van der Waals surface area contributed by atoms with Gasteiger partial charge in [-0.05, 0) is 39.0 Å². The molecule has 0 aromatic carbocycles. The molecule has 0 aromatic rings. The molecule has 1 rings (SSSR count). The maximum absolute atomic E-state index is 9.63. The van der Waals surface area contributed by atoms with Crippen LogP contribution in [0, 0.1) is 5.92 Å². The molecule has 1 N–H and O–H groups in total. The van der Waals surface area contributed by atoms with Crippen LogP contribution in [0.4, 0.5) is 0 Å². The standard InChI is InChI=1S/C10H18OS/c1-7(2)8-4-5-9(11)10(3,12)6-8/h8-9,11-12H,1,4-6H2,2-3H3/t8-,9+,10+/m0/s1. The zero-order chi connectivity index (χ0) is 9.35. The van der Waals surface area contributed by atoms with E-state index in [2.05, 4.69) is 26.1 Å². The molecule has 1 aliphatic rings. The van der Waals surface area contributed by atoms with Gasteiger partial charge in [-0.1, -0.05) is 12.2 Å². The zero-order valence-corrected chi connectivity index (χ0v) is 8.77. The summed E-state index contributed by atoms with van der Waals surface area (Å²) in [6.07, 6.45) is 2.62. The van der Waals surface area contributed by atoms with Gasteiger partial charge in [0.2, 0.25) is 0 Å². The quantitative estimate of drug-likeness (QED) is 0.476. The van der Waals surface area contributed by atoms with Gasteiger partial charge in [-0.15, -0.1) is 0 Å². The molecule has 12 heavy (non-hydrogen) atoms. The van der Waals surface area contributed by atoms with E-state index in [9.17, 15) is 5.11 Å². The Morgan fingerprint density at radius 3 is 2.58 bits per heavy atom. The van der Waals surface area contributed by atoms with Crippen molar-refractivity contribution in [3.05, 3.63) is 12.2 Å².